The van der Waals surface area contributed by atoms with Gasteiger partial charge in [-0.3, -0.25) is 9.69 Å². The Kier molecular flexibility index (Phi) is 5.41. The normalized spacial score (nSPS) is 28.5. The Labute approximate surface area is 144 Å². The van der Waals surface area contributed by atoms with Gasteiger partial charge in [-0.05, 0) is 37.5 Å². The van der Waals surface area contributed by atoms with Gasteiger partial charge in [0.2, 0.25) is 5.91 Å². The minimum atomic E-state index is -0.224. The molecule has 1 aromatic rings. The molecular formula is C19H28N2O3. The van der Waals surface area contributed by atoms with E-state index in [1.54, 1.807) is 12.1 Å². The lowest BCUT2D eigenvalue weighted by Crippen LogP contribution is -2.55. The molecule has 2 unspecified atom stereocenters. The fourth-order valence-electron chi connectivity index (χ4n) is 4.04. The molecular weight excluding hydrogens is 304 g/mol. The smallest absolute Gasteiger partial charge is 0.234 e. The van der Waals surface area contributed by atoms with Crippen LogP contribution in [0.2, 0.25) is 0 Å². The van der Waals surface area contributed by atoms with E-state index >= 15 is 0 Å². The van der Waals surface area contributed by atoms with E-state index in [-0.39, 0.29) is 17.2 Å². The predicted octanol–water partition coefficient (Wildman–Crippen LogP) is 2.26. The van der Waals surface area contributed by atoms with Gasteiger partial charge in [-0.1, -0.05) is 25.0 Å². The summed E-state index contributed by atoms with van der Waals surface area (Å²) in [7, 11) is 0. The topological polar surface area (TPSA) is 61.8 Å². The minimum absolute atomic E-state index is 0.102. The summed E-state index contributed by atoms with van der Waals surface area (Å²) in [5.41, 5.74) is 0.972. The van der Waals surface area contributed by atoms with E-state index in [1.807, 2.05) is 12.1 Å². The van der Waals surface area contributed by atoms with Crippen LogP contribution in [0.4, 0.5) is 0 Å². The number of phenols is 1. The summed E-state index contributed by atoms with van der Waals surface area (Å²) in [5, 5.41) is 12.8. The van der Waals surface area contributed by atoms with Crippen LogP contribution in [0.25, 0.3) is 0 Å². The molecule has 1 heterocycles. The zero-order chi connectivity index (χ0) is 17.0. The molecule has 24 heavy (non-hydrogen) atoms. The van der Waals surface area contributed by atoms with Gasteiger partial charge in [0.15, 0.2) is 0 Å². The van der Waals surface area contributed by atoms with Crippen LogP contribution in [0.5, 0.6) is 5.75 Å². The van der Waals surface area contributed by atoms with Gasteiger partial charge in [0.05, 0.1) is 19.8 Å². The molecule has 1 saturated heterocycles. The second kappa shape index (κ2) is 7.53. The maximum atomic E-state index is 12.6. The van der Waals surface area contributed by atoms with Crippen molar-refractivity contribution < 1.29 is 14.6 Å². The summed E-state index contributed by atoms with van der Waals surface area (Å²) in [6.45, 7) is 5.68. The lowest BCUT2D eigenvalue weighted by atomic mass is 9.70. The molecule has 3 rings (SSSR count). The molecule has 132 valence electrons. The van der Waals surface area contributed by atoms with E-state index in [1.165, 1.54) is 12.0 Å². The maximum Gasteiger partial charge on any atom is 0.234 e. The number of carbonyl (C=O) groups excluding carboxylic acids is 1. The molecule has 1 aliphatic heterocycles. The van der Waals surface area contributed by atoms with Crippen molar-refractivity contribution in [3.63, 3.8) is 0 Å². The average Bonchev–Trinajstić information content (AvgIpc) is 2.57. The molecule has 1 aromatic carbocycles. The Morgan fingerprint density at radius 1 is 1.29 bits per heavy atom. The Morgan fingerprint density at radius 3 is 2.71 bits per heavy atom. The molecule has 0 spiro atoms. The molecule has 0 radical (unpaired) electrons. The third-order valence-corrected chi connectivity index (χ3v) is 5.40. The van der Waals surface area contributed by atoms with Crippen molar-refractivity contribution in [3.05, 3.63) is 29.8 Å². The van der Waals surface area contributed by atoms with Crippen molar-refractivity contribution in [3.8, 4) is 5.75 Å². The lowest BCUT2D eigenvalue weighted by Gasteiger charge is -2.43. The van der Waals surface area contributed by atoms with Gasteiger partial charge in [-0.2, -0.15) is 0 Å². The molecule has 2 N–H and O–H groups in total. The molecule has 2 atom stereocenters. The molecule has 0 bridgehead atoms. The van der Waals surface area contributed by atoms with Crippen molar-refractivity contribution in [2.45, 2.75) is 44.1 Å². The number of hydrogen-bond donors (Lipinski definition) is 2. The Hall–Kier alpha value is -1.59. The van der Waals surface area contributed by atoms with Crippen molar-refractivity contribution >= 4 is 5.91 Å². The van der Waals surface area contributed by atoms with Crippen molar-refractivity contribution in [2.24, 2.45) is 0 Å². The Balaban J connectivity index is 1.67. The van der Waals surface area contributed by atoms with E-state index in [0.29, 0.717) is 25.7 Å². The number of ether oxygens (including phenoxy) is 1. The highest BCUT2D eigenvalue weighted by molar-refractivity contribution is 5.79. The number of rotatable bonds is 4. The van der Waals surface area contributed by atoms with Crippen LogP contribution in [-0.4, -0.2) is 54.3 Å². The van der Waals surface area contributed by atoms with E-state index in [2.05, 4.69) is 17.1 Å². The van der Waals surface area contributed by atoms with Gasteiger partial charge in [-0.15, -0.1) is 0 Å². The van der Waals surface area contributed by atoms with E-state index < -0.39 is 0 Å². The summed E-state index contributed by atoms with van der Waals surface area (Å²) in [5.74, 6) is 0.679. The highest BCUT2D eigenvalue weighted by Gasteiger charge is 2.38. The zero-order valence-corrected chi connectivity index (χ0v) is 14.5. The summed E-state index contributed by atoms with van der Waals surface area (Å²) in [4.78, 5) is 14.7. The first-order chi connectivity index (χ1) is 11.6. The van der Waals surface area contributed by atoms with Crippen molar-refractivity contribution in [1.82, 2.24) is 10.2 Å². The minimum Gasteiger partial charge on any atom is -0.508 e. The second-order valence-electron chi connectivity index (χ2n) is 7.24. The number of carbonyl (C=O) groups is 1. The van der Waals surface area contributed by atoms with Crippen LogP contribution in [0.3, 0.4) is 0 Å². The quantitative estimate of drug-likeness (QED) is 0.888. The molecule has 1 amide bonds. The first kappa shape index (κ1) is 17.2. The van der Waals surface area contributed by atoms with Crippen molar-refractivity contribution in [2.75, 3.05) is 32.8 Å². The van der Waals surface area contributed by atoms with Crippen LogP contribution in [-0.2, 0) is 9.53 Å². The standard InChI is InChI=1S/C19H28N2O3/c1-19(20-18(23)14-21-10-12-24-13-11-21)9-3-2-4-17(19)15-5-7-16(22)8-6-15/h5-8,17,22H,2-4,9-14H2,1H3,(H,20,23). The average molecular weight is 332 g/mol. The number of aromatic hydroxyl groups is 1. The van der Waals surface area contributed by atoms with Gasteiger partial charge in [-0.25, -0.2) is 0 Å². The Morgan fingerprint density at radius 2 is 2.00 bits per heavy atom. The third-order valence-electron chi connectivity index (χ3n) is 5.40. The number of morpholine rings is 1. The van der Waals surface area contributed by atoms with Crippen LogP contribution in [0, 0.1) is 0 Å². The van der Waals surface area contributed by atoms with Gasteiger partial charge >= 0.3 is 0 Å². The fraction of sp³-hybridized carbons (Fsp3) is 0.632. The summed E-state index contributed by atoms with van der Waals surface area (Å²) >= 11 is 0. The van der Waals surface area contributed by atoms with Gasteiger partial charge < -0.3 is 15.2 Å². The van der Waals surface area contributed by atoms with E-state index in [9.17, 15) is 9.90 Å². The Bertz CT molecular complexity index is 554. The third kappa shape index (κ3) is 4.08. The number of benzene rings is 1. The van der Waals surface area contributed by atoms with Crippen LogP contribution < -0.4 is 5.32 Å². The largest absolute Gasteiger partial charge is 0.508 e. The molecule has 5 nitrogen and oxygen atoms in total. The van der Waals surface area contributed by atoms with Gasteiger partial charge in [0.25, 0.3) is 0 Å². The zero-order valence-electron chi connectivity index (χ0n) is 14.5. The maximum absolute atomic E-state index is 12.6. The molecule has 2 aliphatic rings. The predicted molar refractivity (Wildman–Crippen MR) is 93.1 cm³/mol. The van der Waals surface area contributed by atoms with Crippen LogP contribution >= 0.6 is 0 Å². The molecule has 5 heteroatoms. The van der Waals surface area contributed by atoms with Gasteiger partial charge in [0, 0.05) is 24.5 Å². The molecule has 1 saturated carbocycles. The van der Waals surface area contributed by atoms with Gasteiger partial charge in [0.1, 0.15) is 5.75 Å². The summed E-state index contributed by atoms with van der Waals surface area (Å²) < 4.78 is 5.34. The molecule has 0 aromatic heterocycles. The number of nitrogens with zero attached hydrogens (tertiary/aromatic N) is 1. The fourth-order valence-corrected chi connectivity index (χ4v) is 4.04. The number of nitrogens with one attached hydrogen (secondary N) is 1. The first-order valence-electron chi connectivity index (χ1n) is 8.97. The molecule has 2 fully saturated rings. The highest BCUT2D eigenvalue weighted by atomic mass is 16.5. The lowest BCUT2D eigenvalue weighted by molar-refractivity contribution is -0.125. The van der Waals surface area contributed by atoms with E-state index in [0.717, 1.165) is 32.4 Å². The molecule has 1 aliphatic carbocycles. The monoisotopic (exact) mass is 332 g/mol. The number of hydrogen-bond acceptors (Lipinski definition) is 4. The summed E-state index contributed by atoms with van der Waals surface area (Å²) in [6.07, 6.45) is 4.38. The second-order valence-corrected chi connectivity index (χ2v) is 7.24. The summed E-state index contributed by atoms with van der Waals surface area (Å²) in [6, 6.07) is 7.44. The van der Waals surface area contributed by atoms with Crippen LogP contribution in [0.15, 0.2) is 24.3 Å². The van der Waals surface area contributed by atoms with E-state index in [4.69, 9.17) is 4.74 Å². The number of amides is 1. The van der Waals surface area contributed by atoms with Crippen LogP contribution in [0.1, 0.15) is 44.1 Å². The van der Waals surface area contributed by atoms with Crippen molar-refractivity contribution in [1.29, 1.82) is 0 Å². The first-order valence-corrected chi connectivity index (χ1v) is 8.97. The number of phenolic OH excluding ortho intramolecular Hbond substituents is 1. The highest BCUT2D eigenvalue weighted by Crippen LogP contribution is 2.41. The SMILES string of the molecule is CC1(NC(=O)CN2CCOCC2)CCCCC1c1ccc(O)cc1.